The van der Waals surface area contributed by atoms with Crippen LogP contribution in [-0.2, 0) is 14.3 Å². The highest BCUT2D eigenvalue weighted by Crippen LogP contribution is 2.16. The summed E-state index contributed by atoms with van der Waals surface area (Å²) in [6.07, 6.45) is 5.59. The van der Waals surface area contributed by atoms with Gasteiger partial charge < -0.3 is 25.2 Å². The van der Waals surface area contributed by atoms with Gasteiger partial charge in [-0.05, 0) is 25.3 Å². The fourth-order valence-corrected chi connectivity index (χ4v) is 2.20. The van der Waals surface area contributed by atoms with E-state index < -0.39 is 23.5 Å². The van der Waals surface area contributed by atoms with E-state index >= 15 is 0 Å². The van der Waals surface area contributed by atoms with Gasteiger partial charge in [-0.15, -0.1) is 0 Å². The molecule has 1 aromatic rings. The van der Waals surface area contributed by atoms with E-state index in [-0.39, 0.29) is 17.8 Å². The molecule has 0 aliphatic carbocycles. The molecule has 0 aliphatic rings. The number of carbonyl (C=O) groups is 3. The Balaban J connectivity index is 2.42. The lowest BCUT2D eigenvalue weighted by Gasteiger charge is -2.09. The molecular formula is C20H31N3O6. The first-order chi connectivity index (χ1) is 14.0. The van der Waals surface area contributed by atoms with Crippen LogP contribution in [0.2, 0.25) is 0 Å². The number of aromatic nitrogens is 1. The summed E-state index contributed by atoms with van der Waals surface area (Å²) in [6, 6.07) is 1.16. The monoisotopic (exact) mass is 409 g/mol. The summed E-state index contributed by atoms with van der Waals surface area (Å²) in [4.78, 5) is 39.5. The zero-order valence-corrected chi connectivity index (χ0v) is 17.2. The van der Waals surface area contributed by atoms with Crippen molar-refractivity contribution < 1.29 is 29.0 Å². The van der Waals surface area contributed by atoms with Crippen LogP contribution in [0.15, 0.2) is 12.3 Å². The zero-order valence-electron chi connectivity index (χ0n) is 17.2. The number of ether oxygens (including phenoxy) is 2. The van der Waals surface area contributed by atoms with Crippen molar-refractivity contribution in [3.05, 3.63) is 23.5 Å². The number of nitrogens with zero attached hydrogens (tertiary/aromatic N) is 1. The average molecular weight is 409 g/mol. The van der Waals surface area contributed by atoms with Gasteiger partial charge in [-0.1, -0.05) is 26.7 Å². The fourth-order valence-electron chi connectivity index (χ4n) is 2.20. The van der Waals surface area contributed by atoms with E-state index in [0.29, 0.717) is 32.8 Å². The van der Waals surface area contributed by atoms with Crippen LogP contribution in [0.3, 0.4) is 0 Å². The predicted octanol–water partition coefficient (Wildman–Crippen LogP) is 1.80. The fraction of sp³-hybridized carbons (Fsp3) is 0.600. The van der Waals surface area contributed by atoms with Crippen molar-refractivity contribution in [2.24, 2.45) is 0 Å². The Morgan fingerprint density at radius 1 is 1.00 bits per heavy atom. The van der Waals surface area contributed by atoms with E-state index in [1.54, 1.807) is 0 Å². The lowest BCUT2D eigenvalue weighted by atomic mass is 10.2. The molecule has 0 atom stereocenters. The maximum absolute atomic E-state index is 12.1. The maximum atomic E-state index is 12.1. The van der Waals surface area contributed by atoms with E-state index in [4.69, 9.17) is 9.47 Å². The molecule has 9 nitrogen and oxygen atoms in total. The summed E-state index contributed by atoms with van der Waals surface area (Å²) in [7, 11) is 0. The van der Waals surface area contributed by atoms with E-state index in [1.165, 1.54) is 6.20 Å². The second kappa shape index (κ2) is 14.3. The molecule has 0 fully saturated rings. The molecule has 2 amide bonds. The molecule has 0 aromatic carbocycles. The molecule has 1 rings (SSSR count). The number of nitrogens with one attached hydrogen (secondary N) is 2. The Bertz CT molecular complexity index is 666. The molecule has 1 heterocycles. The Morgan fingerprint density at radius 2 is 1.69 bits per heavy atom. The Kier molecular flexibility index (Phi) is 12.0. The third-order valence-corrected chi connectivity index (χ3v) is 3.89. The summed E-state index contributed by atoms with van der Waals surface area (Å²) in [5.41, 5.74) is -0.142. The minimum absolute atomic E-state index is 0.130. The molecule has 0 saturated heterocycles. The van der Waals surface area contributed by atoms with Crippen LogP contribution in [0.5, 0.6) is 5.75 Å². The predicted molar refractivity (Wildman–Crippen MR) is 107 cm³/mol. The molecule has 0 bridgehead atoms. The smallest absolute Gasteiger partial charge is 0.325 e. The minimum atomic E-state index is -0.730. The SMILES string of the molecule is CCCCOCCCNC(=O)c1cnc(C(=O)NCC(=O)OCCCC)c(O)c1. The standard InChI is InChI=1S/C20H31N3O6/c1-3-5-9-28-10-7-8-21-19(26)15-12-16(24)18(22-13-15)20(27)23-14-17(25)29-11-6-4-2/h12-13,24H,3-11,14H2,1-2H3,(H,21,26)(H,23,27). The van der Waals surface area contributed by atoms with E-state index in [9.17, 15) is 19.5 Å². The highest BCUT2D eigenvalue weighted by atomic mass is 16.5. The summed E-state index contributed by atoms with van der Waals surface area (Å²) < 4.78 is 10.3. The maximum Gasteiger partial charge on any atom is 0.325 e. The molecule has 0 aliphatic heterocycles. The molecule has 3 N–H and O–H groups in total. The molecule has 0 radical (unpaired) electrons. The topological polar surface area (TPSA) is 127 Å². The molecule has 162 valence electrons. The van der Waals surface area contributed by atoms with Crippen molar-refractivity contribution in [3.63, 3.8) is 0 Å². The molecule has 1 aromatic heterocycles. The van der Waals surface area contributed by atoms with Crippen molar-refractivity contribution in [2.75, 3.05) is 32.9 Å². The summed E-state index contributed by atoms with van der Waals surface area (Å²) in [6.45, 7) is 5.72. The summed E-state index contributed by atoms with van der Waals surface area (Å²) >= 11 is 0. The normalized spacial score (nSPS) is 10.4. The Hall–Kier alpha value is -2.68. The Labute approximate surface area is 171 Å². The van der Waals surface area contributed by atoms with Gasteiger partial charge in [0.1, 0.15) is 12.3 Å². The third-order valence-electron chi connectivity index (χ3n) is 3.89. The number of carbonyl (C=O) groups excluding carboxylic acids is 3. The van der Waals surface area contributed by atoms with Gasteiger partial charge in [0.25, 0.3) is 11.8 Å². The third kappa shape index (κ3) is 9.89. The highest BCUT2D eigenvalue weighted by molar-refractivity contribution is 5.99. The number of aromatic hydroxyl groups is 1. The van der Waals surface area contributed by atoms with Gasteiger partial charge in [0.15, 0.2) is 5.69 Å². The first-order valence-corrected chi connectivity index (χ1v) is 9.98. The van der Waals surface area contributed by atoms with E-state index in [0.717, 1.165) is 31.7 Å². The number of amides is 2. The lowest BCUT2D eigenvalue weighted by molar-refractivity contribution is -0.142. The Morgan fingerprint density at radius 3 is 2.38 bits per heavy atom. The van der Waals surface area contributed by atoms with Crippen molar-refractivity contribution >= 4 is 17.8 Å². The first-order valence-electron chi connectivity index (χ1n) is 9.98. The quantitative estimate of drug-likeness (QED) is 0.316. The average Bonchev–Trinajstić information content (AvgIpc) is 2.71. The first kappa shape index (κ1) is 24.4. The van der Waals surface area contributed by atoms with Crippen LogP contribution in [0.25, 0.3) is 0 Å². The summed E-state index contributed by atoms with van der Waals surface area (Å²) in [5.74, 6) is -2.16. The summed E-state index contributed by atoms with van der Waals surface area (Å²) in [5, 5.41) is 15.0. The molecule has 0 unspecified atom stereocenters. The number of rotatable bonds is 14. The lowest BCUT2D eigenvalue weighted by Crippen LogP contribution is -2.31. The number of hydrogen-bond donors (Lipinski definition) is 3. The van der Waals surface area contributed by atoms with Crippen LogP contribution in [0.4, 0.5) is 0 Å². The van der Waals surface area contributed by atoms with Gasteiger partial charge in [-0.25, -0.2) is 4.98 Å². The van der Waals surface area contributed by atoms with Gasteiger partial charge in [0.2, 0.25) is 0 Å². The zero-order chi connectivity index (χ0) is 21.5. The van der Waals surface area contributed by atoms with Crippen LogP contribution in [0.1, 0.15) is 66.8 Å². The molecular weight excluding hydrogens is 378 g/mol. The number of pyridine rings is 1. The number of unbranched alkanes of at least 4 members (excludes halogenated alkanes) is 2. The van der Waals surface area contributed by atoms with Crippen molar-refractivity contribution in [3.8, 4) is 5.75 Å². The van der Waals surface area contributed by atoms with Gasteiger partial charge >= 0.3 is 5.97 Å². The minimum Gasteiger partial charge on any atom is -0.505 e. The van der Waals surface area contributed by atoms with Gasteiger partial charge in [-0.2, -0.15) is 0 Å². The second-order valence-electron chi connectivity index (χ2n) is 6.42. The number of hydrogen-bond acceptors (Lipinski definition) is 7. The van der Waals surface area contributed by atoms with Gasteiger partial charge in [0.05, 0.1) is 12.2 Å². The molecule has 9 heteroatoms. The van der Waals surface area contributed by atoms with Crippen LogP contribution >= 0.6 is 0 Å². The van der Waals surface area contributed by atoms with Gasteiger partial charge in [0, 0.05) is 26.0 Å². The molecule has 0 saturated carbocycles. The highest BCUT2D eigenvalue weighted by Gasteiger charge is 2.17. The second-order valence-corrected chi connectivity index (χ2v) is 6.42. The van der Waals surface area contributed by atoms with E-state index in [1.807, 2.05) is 6.92 Å². The van der Waals surface area contributed by atoms with Crippen LogP contribution in [0, 0.1) is 0 Å². The van der Waals surface area contributed by atoms with Crippen LogP contribution < -0.4 is 10.6 Å². The van der Waals surface area contributed by atoms with Crippen molar-refractivity contribution in [1.29, 1.82) is 0 Å². The van der Waals surface area contributed by atoms with Crippen LogP contribution in [-0.4, -0.2) is 60.8 Å². The van der Waals surface area contributed by atoms with E-state index in [2.05, 4.69) is 22.5 Å². The van der Waals surface area contributed by atoms with Crippen molar-refractivity contribution in [1.82, 2.24) is 15.6 Å². The molecule has 0 spiro atoms. The van der Waals surface area contributed by atoms with Crippen molar-refractivity contribution in [2.45, 2.75) is 46.0 Å². The largest absolute Gasteiger partial charge is 0.505 e. The van der Waals surface area contributed by atoms with Gasteiger partial charge in [-0.3, -0.25) is 14.4 Å². The molecule has 29 heavy (non-hydrogen) atoms. The number of esters is 1.